The number of nitrogens with one attached hydrogen (secondary N) is 2. The molecule has 0 aliphatic carbocycles. The molecule has 1 aliphatic heterocycles. The SMILES string of the molecule is CN1C=C(NC(=O)Nc2cccc(C(F)(F)F)c2Cl)CCC1. The van der Waals surface area contributed by atoms with Gasteiger partial charge in [0.1, 0.15) is 0 Å². The minimum Gasteiger partial charge on any atom is -0.379 e. The molecule has 0 unspecified atom stereocenters. The first-order valence-electron chi connectivity index (χ1n) is 6.62. The maximum Gasteiger partial charge on any atom is 0.417 e. The predicted octanol–water partition coefficient (Wildman–Crippen LogP) is 4.05. The molecule has 22 heavy (non-hydrogen) atoms. The molecule has 1 aromatic rings. The lowest BCUT2D eigenvalue weighted by molar-refractivity contribution is -0.137. The van der Waals surface area contributed by atoms with Gasteiger partial charge in [-0.15, -0.1) is 0 Å². The van der Waals surface area contributed by atoms with Gasteiger partial charge in [0.25, 0.3) is 0 Å². The second-order valence-electron chi connectivity index (χ2n) is 4.98. The molecule has 0 saturated carbocycles. The fraction of sp³-hybridized carbons (Fsp3) is 0.357. The summed E-state index contributed by atoms with van der Waals surface area (Å²) in [5.74, 6) is 0. The quantitative estimate of drug-likeness (QED) is 0.857. The van der Waals surface area contributed by atoms with Crippen LogP contribution in [0.15, 0.2) is 30.1 Å². The molecule has 2 rings (SSSR count). The number of halogens is 4. The van der Waals surface area contributed by atoms with E-state index in [9.17, 15) is 18.0 Å². The van der Waals surface area contributed by atoms with Crippen LogP contribution in [0, 0.1) is 0 Å². The minimum atomic E-state index is -4.57. The van der Waals surface area contributed by atoms with Gasteiger partial charge in [-0.1, -0.05) is 17.7 Å². The number of carbonyl (C=O) groups is 1. The van der Waals surface area contributed by atoms with Crippen LogP contribution in [0.5, 0.6) is 0 Å². The van der Waals surface area contributed by atoms with Crippen molar-refractivity contribution in [3.63, 3.8) is 0 Å². The standard InChI is InChI=1S/C14H15ClF3N3O/c1-21-7-3-4-9(8-21)19-13(22)20-11-6-2-5-10(12(11)15)14(16,17)18/h2,5-6,8H,3-4,7H2,1H3,(H2,19,20,22). The molecule has 1 heterocycles. The van der Waals surface area contributed by atoms with Gasteiger partial charge in [-0.05, 0) is 25.0 Å². The van der Waals surface area contributed by atoms with E-state index in [0.717, 1.165) is 19.0 Å². The third kappa shape index (κ3) is 4.07. The van der Waals surface area contributed by atoms with Crippen molar-refractivity contribution in [3.05, 3.63) is 40.7 Å². The number of anilines is 1. The summed E-state index contributed by atoms with van der Waals surface area (Å²) in [5.41, 5.74) is -0.364. The summed E-state index contributed by atoms with van der Waals surface area (Å²) in [4.78, 5) is 13.8. The van der Waals surface area contributed by atoms with Crippen molar-refractivity contribution in [1.29, 1.82) is 0 Å². The van der Waals surface area contributed by atoms with E-state index in [4.69, 9.17) is 11.6 Å². The minimum absolute atomic E-state index is 0.0845. The van der Waals surface area contributed by atoms with Gasteiger partial charge in [0.15, 0.2) is 0 Å². The molecule has 0 spiro atoms. The molecular weight excluding hydrogens is 319 g/mol. The monoisotopic (exact) mass is 333 g/mol. The first kappa shape index (κ1) is 16.5. The molecule has 2 N–H and O–H groups in total. The zero-order chi connectivity index (χ0) is 16.3. The van der Waals surface area contributed by atoms with Crippen LogP contribution in [0.1, 0.15) is 18.4 Å². The highest BCUT2D eigenvalue weighted by atomic mass is 35.5. The Hall–Kier alpha value is -1.89. The van der Waals surface area contributed by atoms with E-state index >= 15 is 0 Å². The molecule has 0 bridgehead atoms. The highest BCUT2D eigenvalue weighted by Crippen LogP contribution is 2.38. The Morgan fingerprint density at radius 2 is 2.05 bits per heavy atom. The second kappa shape index (κ2) is 6.48. The number of hydrogen-bond acceptors (Lipinski definition) is 2. The van der Waals surface area contributed by atoms with Crippen LogP contribution < -0.4 is 10.6 Å². The van der Waals surface area contributed by atoms with E-state index in [-0.39, 0.29) is 5.69 Å². The number of allylic oxidation sites excluding steroid dienone is 1. The molecule has 120 valence electrons. The number of amides is 2. The summed E-state index contributed by atoms with van der Waals surface area (Å²) in [6.45, 7) is 0.895. The average Bonchev–Trinajstić information content (AvgIpc) is 2.39. The Morgan fingerprint density at radius 3 is 2.68 bits per heavy atom. The van der Waals surface area contributed by atoms with Crippen LogP contribution in [0.4, 0.5) is 23.7 Å². The fourth-order valence-electron chi connectivity index (χ4n) is 2.16. The highest BCUT2D eigenvalue weighted by Gasteiger charge is 2.34. The molecule has 0 fully saturated rings. The normalized spacial score (nSPS) is 15.3. The number of nitrogens with zero attached hydrogens (tertiary/aromatic N) is 1. The number of carbonyl (C=O) groups excluding carboxylic acids is 1. The molecule has 0 aromatic heterocycles. The molecule has 1 aliphatic rings. The summed E-state index contributed by atoms with van der Waals surface area (Å²) in [5, 5.41) is 4.43. The van der Waals surface area contributed by atoms with Gasteiger partial charge in [0.05, 0.1) is 16.3 Å². The van der Waals surface area contributed by atoms with E-state index in [1.54, 1.807) is 6.20 Å². The Morgan fingerprint density at radius 1 is 1.32 bits per heavy atom. The summed E-state index contributed by atoms with van der Waals surface area (Å²) >= 11 is 5.72. The lowest BCUT2D eigenvalue weighted by Gasteiger charge is -2.23. The molecule has 2 amide bonds. The molecule has 8 heteroatoms. The summed E-state index contributed by atoms with van der Waals surface area (Å²) in [6, 6.07) is 2.75. The summed E-state index contributed by atoms with van der Waals surface area (Å²) < 4.78 is 38.3. The van der Waals surface area contributed by atoms with E-state index in [2.05, 4.69) is 10.6 Å². The van der Waals surface area contributed by atoms with Crippen LogP contribution in [0.25, 0.3) is 0 Å². The molecule has 0 radical (unpaired) electrons. The smallest absolute Gasteiger partial charge is 0.379 e. The predicted molar refractivity (Wildman–Crippen MR) is 78.6 cm³/mol. The summed E-state index contributed by atoms with van der Waals surface area (Å²) in [6.07, 6.45) is -1.18. The average molecular weight is 334 g/mol. The van der Waals surface area contributed by atoms with Crippen molar-refractivity contribution >= 4 is 23.3 Å². The van der Waals surface area contributed by atoms with Crippen LogP contribution in [0.2, 0.25) is 5.02 Å². The van der Waals surface area contributed by atoms with Crippen LogP contribution >= 0.6 is 11.6 Å². The maximum atomic E-state index is 12.8. The molecular formula is C14H15ClF3N3O. The Balaban J connectivity index is 2.09. The van der Waals surface area contributed by atoms with Crippen molar-refractivity contribution in [3.8, 4) is 0 Å². The van der Waals surface area contributed by atoms with Gasteiger partial charge in [-0.3, -0.25) is 0 Å². The molecule has 4 nitrogen and oxygen atoms in total. The Labute approximate surface area is 130 Å². The molecule has 1 aromatic carbocycles. The Kier molecular flexibility index (Phi) is 4.85. The first-order chi connectivity index (χ1) is 10.3. The topological polar surface area (TPSA) is 44.4 Å². The zero-order valence-corrected chi connectivity index (χ0v) is 12.6. The number of urea groups is 1. The van der Waals surface area contributed by atoms with Crippen molar-refractivity contribution in [1.82, 2.24) is 10.2 Å². The number of hydrogen-bond donors (Lipinski definition) is 2. The highest BCUT2D eigenvalue weighted by molar-refractivity contribution is 6.34. The van der Waals surface area contributed by atoms with Crippen molar-refractivity contribution in [2.24, 2.45) is 0 Å². The molecule has 0 atom stereocenters. The van der Waals surface area contributed by atoms with Gasteiger partial charge >= 0.3 is 12.2 Å². The third-order valence-corrected chi connectivity index (χ3v) is 3.57. The van der Waals surface area contributed by atoms with Crippen LogP contribution in [-0.4, -0.2) is 24.5 Å². The van der Waals surface area contributed by atoms with Crippen molar-refractivity contribution in [2.75, 3.05) is 18.9 Å². The van der Waals surface area contributed by atoms with Gasteiger partial charge < -0.3 is 15.5 Å². The number of benzene rings is 1. The van der Waals surface area contributed by atoms with Crippen molar-refractivity contribution < 1.29 is 18.0 Å². The van der Waals surface area contributed by atoms with E-state index in [1.165, 1.54) is 12.1 Å². The van der Waals surface area contributed by atoms with E-state index in [0.29, 0.717) is 12.1 Å². The van der Waals surface area contributed by atoms with Gasteiger partial charge in [-0.25, -0.2) is 4.79 Å². The molecule has 0 saturated heterocycles. The second-order valence-corrected chi connectivity index (χ2v) is 5.36. The fourth-order valence-corrected chi connectivity index (χ4v) is 2.44. The van der Waals surface area contributed by atoms with Crippen LogP contribution in [0.3, 0.4) is 0 Å². The summed E-state index contributed by atoms with van der Waals surface area (Å²) in [7, 11) is 1.88. The lowest BCUT2D eigenvalue weighted by atomic mass is 10.2. The largest absolute Gasteiger partial charge is 0.417 e. The first-order valence-corrected chi connectivity index (χ1v) is 7.00. The number of alkyl halides is 3. The zero-order valence-electron chi connectivity index (χ0n) is 11.8. The van der Waals surface area contributed by atoms with Gasteiger partial charge in [0, 0.05) is 25.5 Å². The van der Waals surface area contributed by atoms with Gasteiger partial charge in [0.2, 0.25) is 0 Å². The van der Waals surface area contributed by atoms with Crippen molar-refractivity contribution in [2.45, 2.75) is 19.0 Å². The number of rotatable bonds is 2. The third-order valence-electron chi connectivity index (χ3n) is 3.16. The lowest BCUT2D eigenvalue weighted by Crippen LogP contribution is -2.32. The van der Waals surface area contributed by atoms with Gasteiger partial charge in [-0.2, -0.15) is 13.2 Å². The Bertz CT molecular complexity index is 601. The maximum absolute atomic E-state index is 12.8. The van der Waals surface area contributed by atoms with E-state index < -0.39 is 22.8 Å². The van der Waals surface area contributed by atoms with E-state index in [1.807, 2.05) is 11.9 Å². The van der Waals surface area contributed by atoms with Crippen LogP contribution in [-0.2, 0) is 6.18 Å².